The minimum absolute atomic E-state index is 0.0306. The van der Waals surface area contributed by atoms with Gasteiger partial charge in [0.15, 0.2) is 0 Å². The number of ether oxygens (including phenoxy) is 2. The number of benzene rings is 1. The fraction of sp³-hybridized carbons (Fsp3) is 0.593. The van der Waals surface area contributed by atoms with Gasteiger partial charge in [-0.15, -0.1) is 11.8 Å². The van der Waals surface area contributed by atoms with Gasteiger partial charge in [-0.25, -0.2) is 4.79 Å². The molecule has 0 saturated carbocycles. The number of nitrogens with one attached hydrogen (secondary N) is 2. The van der Waals surface area contributed by atoms with Crippen molar-refractivity contribution in [3.63, 3.8) is 0 Å². The van der Waals surface area contributed by atoms with E-state index in [9.17, 15) is 47.4 Å². The first-order valence-corrected chi connectivity index (χ1v) is 14.9. The van der Waals surface area contributed by atoms with E-state index in [-0.39, 0.29) is 69.0 Å². The molecule has 17 heteroatoms. The average molecular weight is 647 g/mol. The molecule has 3 fully saturated rings. The van der Waals surface area contributed by atoms with Crippen molar-refractivity contribution in [2.45, 2.75) is 68.2 Å². The van der Waals surface area contributed by atoms with E-state index in [1.54, 1.807) is 24.3 Å². The van der Waals surface area contributed by atoms with Crippen LogP contribution in [0.25, 0.3) is 0 Å². The van der Waals surface area contributed by atoms with Gasteiger partial charge in [0.2, 0.25) is 11.8 Å². The SMILES string of the molecule is CC(=O)CSC1CC(=O)N(Cc2cccc(OCCNC(=O)NCC3OC4CCN(C(=O)C(F)(F)F)[C@@H]4[C@@H](O)[C@H]3O)c2)C1=O. The maximum Gasteiger partial charge on any atom is 0.471 e. The minimum Gasteiger partial charge on any atom is -0.492 e. The lowest BCUT2D eigenvalue weighted by atomic mass is 9.93. The van der Waals surface area contributed by atoms with Crippen LogP contribution >= 0.6 is 11.8 Å². The summed E-state index contributed by atoms with van der Waals surface area (Å²) in [6.07, 6.45) is -10.5. The summed E-state index contributed by atoms with van der Waals surface area (Å²) in [6, 6.07) is 4.73. The van der Waals surface area contributed by atoms with E-state index < -0.39 is 53.8 Å². The molecule has 0 radical (unpaired) electrons. The second-order valence-electron chi connectivity index (χ2n) is 10.6. The van der Waals surface area contributed by atoms with Crippen molar-refractivity contribution in [3.8, 4) is 5.75 Å². The van der Waals surface area contributed by atoms with Gasteiger partial charge in [0.25, 0.3) is 0 Å². The van der Waals surface area contributed by atoms with Crippen LogP contribution in [0.3, 0.4) is 0 Å². The number of hydrogen-bond donors (Lipinski definition) is 4. The van der Waals surface area contributed by atoms with Crippen molar-refractivity contribution in [3.05, 3.63) is 29.8 Å². The molecule has 0 aliphatic carbocycles. The number of urea groups is 1. The lowest BCUT2D eigenvalue weighted by Gasteiger charge is -2.42. The minimum atomic E-state index is -5.13. The number of imide groups is 1. The molecule has 0 spiro atoms. The van der Waals surface area contributed by atoms with Crippen LogP contribution in [0.5, 0.6) is 5.75 Å². The number of halogens is 3. The number of fused-ring (bicyclic) bond motifs is 1. The molecule has 3 aliphatic rings. The Bertz CT molecular complexity index is 1270. The third-order valence-electron chi connectivity index (χ3n) is 7.38. The Balaban J connectivity index is 1.18. The highest BCUT2D eigenvalue weighted by Gasteiger charge is 2.55. The van der Waals surface area contributed by atoms with E-state index >= 15 is 0 Å². The summed E-state index contributed by atoms with van der Waals surface area (Å²) in [5.74, 6) is -2.26. The molecule has 44 heavy (non-hydrogen) atoms. The molecular formula is C27H33F3N4O9S. The summed E-state index contributed by atoms with van der Waals surface area (Å²) in [5.41, 5.74) is 0.649. The van der Waals surface area contributed by atoms with Gasteiger partial charge in [-0.2, -0.15) is 13.2 Å². The molecule has 3 aliphatic heterocycles. The van der Waals surface area contributed by atoms with Crippen molar-refractivity contribution in [1.82, 2.24) is 20.4 Å². The number of ketones is 1. The van der Waals surface area contributed by atoms with Gasteiger partial charge in [-0.05, 0) is 31.0 Å². The van der Waals surface area contributed by atoms with E-state index in [4.69, 9.17) is 9.47 Å². The summed E-state index contributed by atoms with van der Waals surface area (Å²) >= 11 is 1.15. The largest absolute Gasteiger partial charge is 0.492 e. The molecule has 5 amide bonds. The summed E-state index contributed by atoms with van der Waals surface area (Å²) in [7, 11) is 0. The van der Waals surface area contributed by atoms with Gasteiger partial charge in [-0.3, -0.25) is 24.1 Å². The Morgan fingerprint density at radius 1 is 1.16 bits per heavy atom. The zero-order chi connectivity index (χ0) is 32.2. The molecular weight excluding hydrogens is 613 g/mol. The fourth-order valence-corrected chi connectivity index (χ4v) is 6.27. The molecule has 0 aromatic heterocycles. The number of hydrogen-bond acceptors (Lipinski definition) is 10. The van der Waals surface area contributed by atoms with Gasteiger partial charge in [0, 0.05) is 19.5 Å². The number of thioether (sulfide) groups is 1. The van der Waals surface area contributed by atoms with Crippen molar-refractivity contribution < 1.29 is 56.8 Å². The van der Waals surface area contributed by atoms with Crippen molar-refractivity contribution >= 4 is 41.3 Å². The van der Waals surface area contributed by atoms with Crippen LogP contribution in [0.2, 0.25) is 0 Å². The van der Waals surface area contributed by atoms with Gasteiger partial charge < -0.3 is 35.2 Å². The molecule has 1 aromatic rings. The van der Waals surface area contributed by atoms with Crippen LogP contribution in [-0.4, -0.2) is 123 Å². The third kappa shape index (κ3) is 7.99. The van der Waals surface area contributed by atoms with Gasteiger partial charge in [-0.1, -0.05) is 12.1 Å². The lowest BCUT2D eigenvalue weighted by Crippen LogP contribution is -2.63. The Hall–Kier alpha value is -3.41. The first-order chi connectivity index (χ1) is 20.8. The van der Waals surface area contributed by atoms with E-state index in [1.807, 2.05) is 0 Å². The first-order valence-electron chi connectivity index (χ1n) is 13.8. The molecule has 1 aromatic carbocycles. The highest BCUT2D eigenvalue weighted by Crippen LogP contribution is 2.34. The van der Waals surface area contributed by atoms with Crippen LogP contribution < -0.4 is 15.4 Å². The number of carbonyl (C=O) groups is 5. The Morgan fingerprint density at radius 2 is 1.91 bits per heavy atom. The highest BCUT2D eigenvalue weighted by molar-refractivity contribution is 8.01. The van der Waals surface area contributed by atoms with E-state index in [2.05, 4.69) is 10.6 Å². The van der Waals surface area contributed by atoms with E-state index in [0.717, 1.165) is 16.7 Å². The summed E-state index contributed by atoms with van der Waals surface area (Å²) in [4.78, 5) is 61.7. The molecule has 4 rings (SSSR count). The number of aliphatic hydroxyl groups is 2. The molecule has 3 unspecified atom stereocenters. The number of carbonyl (C=O) groups excluding carboxylic acids is 5. The predicted molar refractivity (Wildman–Crippen MR) is 147 cm³/mol. The Kier molecular flexibility index (Phi) is 10.8. The Labute approximate surface area is 254 Å². The van der Waals surface area contributed by atoms with Crippen molar-refractivity contribution in [2.75, 3.05) is 32.0 Å². The molecule has 6 atom stereocenters. The summed E-state index contributed by atoms with van der Waals surface area (Å²) in [6.45, 7) is 1.03. The maximum absolute atomic E-state index is 12.9. The topological polar surface area (TPSA) is 175 Å². The molecule has 3 saturated heterocycles. The summed E-state index contributed by atoms with van der Waals surface area (Å²) < 4.78 is 49.9. The molecule has 4 N–H and O–H groups in total. The van der Waals surface area contributed by atoms with Crippen LogP contribution in [0, 0.1) is 0 Å². The second-order valence-corrected chi connectivity index (χ2v) is 11.8. The number of alkyl halides is 3. The Morgan fingerprint density at radius 3 is 2.61 bits per heavy atom. The van der Waals surface area contributed by atoms with Crippen molar-refractivity contribution in [1.29, 1.82) is 0 Å². The van der Waals surface area contributed by atoms with Gasteiger partial charge >= 0.3 is 18.1 Å². The average Bonchev–Trinajstić information content (AvgIpc) is 3.50. The normalized spacial score (nSPS) is 26.9. The maximum atomic E-state index is 12.9. The van der Waals surface area contributed by atoms with Crippen LogP contribution in [0.15, 0.2) is 24.3 Å². The lowest BCUT2D eigenvalue weighted by molar-refractivity contribution is -0.207. The predicted octanol–water partition coefficient (Wildman–Crippen LogP) is -0.0333. The number of likely N-dealkylation sites (tertiary alicyclic amines) is 2. The van der Waals surface area contributed by atoms with Crippen molar-refractivity contribution in [2.24, 2.45) is 0 Å². The first kappa shape index (κ1) is 33.5. The number of rotatable bonds is 11. The fourth-order valence-electron chi connectivity index (χ4n) is 5.31. The number of amides is 5. The van der Waals surface area contributed by atoms with E-state index in [0.29, 0.717) is 16.2 Å². The number of nitrogens with zero attached hydrogens (tertiary/aromatic N) is 2. The van der Waals surface area contributed by atoms with Crippen LogP contribution in [0.1, 0.15) is 25.3 Å². The monoisotopic (exact) mass is 646 g/mol. The smallest absolute Gasteiger partial charge is 0.471 e. The zero-order valence-electron chi connectivity index (χ0n) is 23.6. The van der Waals surface area contributed by atoms with E-state index in [1.165, 1.54) is 6.92 Å². The summed E-state index contributed by atoms with van der Waals surface area (Å²) in [5, 5.41) is 25.3. The standard InChI is InChI=1S/C27H33F3N4O9S/c1-14(35)13-44-19-10-20(36)34(24(19)39)12-15-3-2-4-16(9-15)42-8-6-31-26(41)32-11-18-22(37)23(38)21-17(43-18)5-7-33(21)25(40)27(28,29)30/h2-4,9,17-19,21-23,37-38H,5-8,10-13H2,1H3,(H2,31,32,41)/t17?,18?,19?,21-,22-,23+/m0/s1. The molecule has 13 nitrogen and oxygen atoms in total. The van der Waals surface area contributed by atoms with Gasteiger partial charge in [0.05, 0.1) is 36.2 Å². The molecule has 242 valence electrons. The quantitative estimate of drug-likeness (QED) is 0.189. The van der Waals surface area contributed by atoms with Gasteiger partial charge in [0.1, 0.15) is 36.5 Å². The highest BCUT2D eigenvalue weighted by atomic mass is 32.2. The third-order valence-corrected chi connectivity index (χ3v) is 8.72. The van der Waals surface area contributed by atoms with Crippen LogP contribution in [-0.2, 0) is 30.5 Å². The molecule has 3 heterocycles. The number of aliphatic hydroxyl groups excluding tert-OH is 2. The van der Waals surface area contributed by atoms with Crippen LogP contribution in [0.4, 0.5) is 18.0 Å². The zero-order valence-corrected chi connectivity index (χ0v) is 24.4. The number of Topliss-reactive ketones (excluding diaryl/α,β-unsaturated/α-hetero) is 1. The molecule has 0 bridgehead atoms. The second kappa shape index (κ2) is 14.1.